The second kappa shape index (κ2) is 6.92. The van der Waals surface area contributed by atoms with Crippen molar-refractivity contribution in [2.24, 2.45) is 5.92 Å². The smallest absolute Gasteiger partial charge is 0.407 e. The number of amides is 2. The SMILES string of the molecule is O=C1NC(C2CCN(C(=O)C3NCCOc4ccccc43)CC2)CO1. The fraction of sp³-hybridized carbons (Fsp3) is 0.556. The molecule has 2 amide bonds. The zero-order chi connectivity index (χ0) is 17.2. The zero-order valence-electron chi connectivity index (χ0n) is 14.1. The van der Waals surface area contributed by atoms with Gasteiger partial charge in [-0.05, 0) is 24.8 Å². The summed E-state index contributed by atoms with van der Waals surface area (Å²) in [5.41, 5.74) is 0.906. The standard InChI is InChI=1S/C18H23N3O4/c22-17(16-13-3-1-2-4-15(13)24-10-7-19-16)21-8-5-12(6-9-21)14-11-25-18(23)20-14/h1-4,12,14,16,19H,5-11H2,(H,20,23). The minimum absolute atomic E-state index is 0.0786. The Balaban J connectivity index is 1.41. The molecule has 2 N–H and O–H groups in total. The van der Waals surface area contributed by atoms with Gasteiger partial charge in [-0.1, -0.05) is 18.2 Å². The Morgan fingerprint density at radius 2 is 1.96 bits per heavy atom. The molecule has 1 aromatic carbocycles. The highest BCUT2D eigenvalue weighted by Gasteiger charge is 2.36. The molecule has 2 fully saturated rings. The molecule has 7 heteroatoms. The van der Waals surface area contributed by atoms with E-state index in [1.165, 1.54) is 0 Å². The summed E-state index contributed by atoms with van der Waals surface area (Å²) in [6, 6.07) is 7.45. The van der Waals surface area contributed by atoms with Crippen LogP contribution in [0.15, 0.2) is 24.3 Å². The molecule has 0 bridgehead atoms. The summed E-state index contributed by atoms with van der Waals surface area (Å²) in [4.78, 5) is 26.2. The van der Waals surface area contributed by atoms with Crippen molar-refractivity contribution in [2.45, 2.75) is 24.9 Å². The van der Waals surface area contributed by atoms with Crippen molar-refractivity contribution in [3.05, 3.63) is 29.8 Å². The molecule has 0 radical (unpaired) electrons. The first-order chi connectivity index (χ1) is 12.2. The molecule has 2 unspecified atom stereocenters. The van der Waals surface area contributed by atoms with E-state index in [-0.39, 0.29) is 24.1 Å². The highest BCUT2D eigenvalue weighted by Crippen LogP contribution is 2.30. The Morgan fingerprint density at radius 3 is 2.72 bits per heavy atom. The second-order valence-corrected chi connectivity index (χ2v) is 6.79. The van der Waals surface area contributed by atoms with Gasteiger partial charge in [-0.3, -0.25) is 10.1 Å². The molecular weight excluding hydrogens is 322 g/mol. The Labute approximate surface area is 146 Å². The predicted molar refractivity (Wildman–Crippen MR) is 90.3 cm³/mol. The number of rotatable bonds is 2. The Bertz CT molecular complexity index is 657. The third-order valence-corrected chi connectivity index (χ3v) is 5.30. The number of likely N-dealkylation sites (tertiary alicyclic amines) is 1. The Hall–Kier alpha value is -2.28. The van der Waals surface area contributed by atoms with Gasteiger partial charge in [0.2, 0.25) is 5.91 Å². The predicted octanol–water partition coefficient (Wildman–Crippen LogP) is 1.06. The molecule has 0 spiro atoms. The van der Waals surface area contributed by atoms with E-state index in [1.807, 2.05) is 29.2 Å². The van der Waals surface area contributed by atoms with Crippen molar-refractivity contribution in [3.63, 3.8) is 0 Å². The van der Waals surface area contributed by atoms with E-state index in [0.29, 0.717) is 38.8 Å². The van der Waals surface area contributed by atoms with Crippen LogP contribution in [0.3, 0.4) is 0 Å². The second-order valence-electron chi connectivity index (χ2n) is 6.79. The van der Waals surface area contributed by atoms with Crippen molar-refractivity contribution >= 4 is 12.0 Å². The average Bonchev–Trinajstić information content (AvgIpc) is 2.97. The number of carbonyl (C=O) groups excluding carboxylic acids is 2. The molecule has 3 aliphatic rings. The van der Waals surface area contributed by atoms with E-state index in [1.54, 1.807) is 0 Å². The van der Waals surface area contributed by atoms with Crippen molar-refractivity contribution in [3.8, 4) is 5.75 Å². The molecule has 25 heavy (non-hydrogen) atoms. The number of carbonyl (C=O) groups is 2. The largest absolute Gasteiger partial charge is 0.492 e. The Kier molecular flexibility index (Phi) is 4.48. The summed E-state index contributed by atoms with van der Waals surface area (Å²) in [5, 5.41) is 6.17. The summed E-state index contributed by atoms with van der Waals surface area (Å²) in [6.07, 6.45) is 1.43. The highest BCUT2D eigenvalue weighted by atomic mass is 16.6. The van der Waals surface area contributed by atoms with Crippen molar-refractivity contribution in [1.82, 2.24) is 15.5 Å². The van der Waals surface area contributed by atoms with Gasteiger partial charge in [0.25, 0.3) is 0 Å². The van der Waals surface area contributed by atoms with Gasteiger partial charge in [0.1, 0.15) is 25.0 Å². The normalized spacial score (nSPS) is 26.9. The molecule has 3 aliphatic heterocycles. The molecule has 2 saturated heterocycles. The van der Waals surface area contributed by atoms with Gasteiger partial charge in [-0.2, -0.15) is 0 Å². The minimum atomic E-state index is -0.357. The van der Waals surface area contributed by atoms with E-state index in [9.17, 15) is 9.59 Å². The summed E-state index contributed by atoms with van der Waals surface area (Å²) in [7, 11) is 0. The number of para-hydroxylation sites is 1. The number of piperidine rings is 1. The van der Waals surface area contributed by atoms with E-state index in [0.717, 1.165) is 24.2 Å². The summed E-state index contributed by atoms with van der Waals surface area (Å²) < 4.78 is 10.7. The number of fused-ring (bicyclic) bond motifs is 1. The minimum Gasteiger partial charge on any atom is -0.492 e. The van der Waals surface area contributed by atoms with Gasteiger partial charge in [0, 0.05) is 25.2 Å². The molecular formula is C18H23N3O4. The average molecular weight is 345 g/mol. The summed E-state index contributed by atoms with van der Waals surface area (Å²) in [6.45, 7) is 3.05. The number of ether oxygens (including phenoxy) is 2. The van der Waals surface area contributed by atoms with Gasteiger partial charge in [-0.25, -0.2) is 4.79 Å². The van der Waals surface area contributed by atoms with Crippen LogP contribution in [0.1, 0.15) is 24.4 Å². The van der Waals surface area contributed by atoms with E-state index in [4.69, 9.17) is 9.47 Å². The first-order valence-corrected chi connectivity index (χ1v) is 8.89. The van der Waals surface area contributed by atoms with Crippen molar-refractivity contribution in [2.75, 3.05) is 32.8 Å². The van der Waals surface area contributed by atoms with Crippen LogP contribution in [0, 0.1) is 5.92 Å². The third-order valence-electron chi connectivity index (χ3n) is 5.30. The lowest BCUT2D eigenvalue weighted by Gasteiger charge is -2.35. The maximum atomic E-state index is 13.1. The zero-order valence-corrected chi connectivity index (χ0v) is 14.1. The van der Waals surface area contributed by atoms with E-state index < -0.39 is 0 Å². The summed E-state index contributed by atoms with van der Waals surface area (Å²) in [5.74, 6) is 1.25. The first-order valence-electron chi connectivity index (χ1n) is 8.89. The van der Waals surface area contributed by atoms with Crippen LogP contribution < -0.4 is 15.4 Å². The number of cyclic esters (lactones) is 1. The van der Waals surface area contributed by atoms with Crippen molar-refractivity contribution < 1.29 is 19.1 Å². The van der Waals surface area contributed by atoms with Gasteiger partial charge < -0.3 is 19.7 Å². The summed E-state index contributed by atoms with van der Waals surface area (Å²) >= 11 is 0. The third kappa shape index (κ3) is 3.28. The van der Waals surface area contributed by atoms with Crippen LogP contribution >= 0.6 is 0 Å². The van der Waals surface area contributed by atoms with Crippen molar-refractivity contribution in [1.29, 1.82) is 0 Å². The topological polar surface area (TPSA) is 79.9 Å². The van der Waals surface area contributed by atoms with E-state index in [2.05, 4.69) is 10.6 Å². The molecule has 0 saturated carbocycles. The first kappa shape index (κ1) is 16.2. The quantitative estimate of drug-likeness (QED) is 0.838. The number of nitrogens with one attached hydrogen (secondary N) is 2. The maximum Gasteiger partial charge on any atom is 0.407 e. The number of hydrogen-bond acceptors (Lipinski definition) is 5. The van der Waals surface area contributed by atoms with Gasteiger partial charge in [-0.15, -0.1) is 0 Å². The Morgan fingerprint density at radius 1 is 1.16 bits per heavy atom. The lowest BCUT2D eigenvalue weighted by Crippen LogP contribution is -2.47. The maximum absolute atomic E-state index is 13.1. The molecule has 0 aliphatic carbocycles. The molecule has 134 valence electrons. The van der Waals surface area contributed by atoms with Crippen LogP contribution in [-0.2, 0) is 9.53 Å². The van der Waals surface area contributed by atoms with E-state index >= 15 is 0 Å². The molecule has 7 nitrogen and oxygen atoms in total. The lowest BCUT2D eigenvalue weighted by molar-refractivity contribution is -0.135. The van der Waals surface area contributed by atoms with Crippen LogP contribution in [0.2, 0.25) is 0 Å². The van der Waals surface area contributed by atoms with Gasteiger partial charge >= 0.3 is 6.09 Å². The van der Waals surface area contributed by atoms with Gasteiger partial charge in [0.15, 0.2) is 0 Å². The molecule has 2 atom stereocenters. The highest BCUT2D eigenvalue weighted by molar-refractivity contribution is 5.84. The fourth-order valence-corrected chi connectivity index (χ4v) is 3.90. The molecule has 4 rings (SSSR count). The number of hydrogen-bond donors (Lipinski definition) is 2. The van der Waals surface area contributed by atoms with Gasteiger partial charge in [0.05, 0.1) is 6.04 Å². The molecule has 1 aromatic rings. The lowest BCUT2D eigenvalue weighted by atomic mass is 9.89. The van der Waals surface area contributed by atoms with Crippen LogP contribution in [0.5, 0.6) is 5.75 Å². The monoisotopic (exact) mass is 345 g/mol. The molecule has 0 aromatic heterocycles. The fourth-order valence-electron chi connectivity index (χ4n) is 3.90. The van der Waals surface area contributed by atoms with Crippen LogP contribution in [0.4, 0.5) is 4.79 Å². The number of benzene rings is 1. The van der Waals surface area contributed by atoms with Crippen LogP contribution in [0.25, 0.3) is 0 Å². The number of alkyl carbamates (subject to hydrolysis) is 1. The van der Waals surface area contributed by atoms with Crippen LogP contribution in [-0.4, -0.2) is 55.8 Å². The number of nitrogens with zero attached hydrogens (tertiary/aromatic N) is 1. The molecule has 3 heterocycles.